The van der Waals surface area contributed by atoms with Crippen LogP contribution in [0.2, 0.25) is 0 Å². The van der Waals surface area contributed by atoms with Gasteiger partial charge in [-0.15, -0.1) is 0 Å². The molecule has 3 aromatic rings. The number of benzene rings is 1. The van der Waals surface area contributed by atoms with Crippen molar-refractivity contribution in [1.29, 1.82) is 0 Å². The summed E-state index contributed by atoms with van der Waals surface area (Å²) in [5.41, 5.74) is 6.08. The third-order valence-electron chi connectivity index (χ3n) is 4.46. The van der Waals surface area contributed by atoms with Crippen LogP contribution in [0.25, 0.3) is 0 Å². The maximum atomic E-state index is 4.41. The van der Waals surface area contributed by atoms with Crippen molar-refractivity contribution in [2.24, 2.45) is 0 Å². The van der Waals surface area contributed by atoms with E-state index in [1.54, 1.807) is 6.33 Å². The highest BCUT2D eigenvalue weighted by Gasteiger charge is 2.08. The molecule has 0 bridgehead atoms. The molecule has 2 aromatic heterocycles. The minimum absolute atomic E-state index is 0.806. The number of hydrogen-bond acceptors (Lipinski definition) is 5. The number of nitrogens with one attached hydrogen (secondary N) is 1. The van der Waals surface area contributed by atoms with Crippen molar-refractivity contribution in [2.45, 2.75) is 27.2 Å². The summed E-state index contributed by atoms with van der Waals surface area (Å²) in [6.07, 6.45) is 6.21. The van der Waals surface area contributed by atoms with E-state index in [0.29, 0.717) is 0 Å². The highest BCUT2D eigenvalue weighted by Crippen LogP contribution is 2.26. The predicted molar refractivity (Wildman–Crippen MR) is 107 cm³/mol. The third kappa shape index (κ3) is 4.36. The van der Waals surface area contributed by atoms with Gasteiger partial charge in [-0.05, 0) is 56.0 Å². The van der Waals surface area contributed by atoms with Crippen molar-refractivity contribution in [3.63, 3.8) is 0 Å². The van der Waals surface area contributed by atoms with Crippen molar-refractivity contribution >= 4 is 17.3 Å². The van der Waals surface area contributed by atoms with Crippen LogP contribution in [0.5, 0.6) is 0 Å². The Morgan fingerprint density at radius 2 is 1.65 bits per heavy atom. The molecule has 0 saturated carbocycles. The van der Waals surface area contributed by atoms with Crippen LogP contribution in [-0.4, -0.2) is 28.5 Å². The molecular formula is C21H25N5. The van der Waals surface area contributed by atoms with Crippen molar-refractivity contribution < 1.29 is 0 Å². The molecule has 0 saturated heterocycles. The first-order chi connectivity index (χ1) is 12.5. The van der Waals surface area contributed by atoms with E-state index in [-0.39, 0.29) is 0 Å². The van der Waals surface area contributed by atoms with Crippen molar-refractivity contribution in [1.82, 2.24) is 15.0 Å². The molecule has 0 aliphatic rings. The Kier molecular flexibility index (Phi) is 5.46. The van der Waals surface area contributed by atoms with Crippen LogP contribution in [0, 0.1) is 20.8 Å². The van der Waals surface area contributed by atoms with E-state index in [9.17, 15) is 0 Å². The molecule has 0 amide bonds. The number of likely N-dealkylation sites (N-methyl/N-ethyl adjacent to an activating group) is 1. The van der Waals surface area contributed by atoms with Gasteiger partial charge in [-0.2, -0.15) is 0 Å². The van der Waals surface area contributed by atoms with Crippen LogP contribution < -0.4 is 10.2 Å². The molecule has 0 aliphatic carbocycles. The van der Waals surface area contributed by atoms with Gasteiger partial charge >= 0.3 is 0 Å². The van der Waals surface area contributed by atoms with Gasteiger partial charge in [0.1, 0.15) is 18.0 Å². The minimum Gasteiger partial charge on any atom is -0.359 e. The average Bonchev–Trinajstić information content (AvgIpc) is 2.64. The van der Waals surface area contributed by atoms with Gasteiger partial charge in [0.25, 0.3) is 0 Å². The lowest BCUT2D eigenvalue weighted by atomic mass is 10.1. The summed E-state index contributed by atoms with van der Waals surface area (Å²) < 4.78 is 0. The number of nitrogens with zero attached hydrogens (tertiary/aromatic N) is 4. The molecule has 26 heavy (non-hydrogen) atoms. The number of anilines is 3. The largest absolute Gasteiger partial charge is 0.359 e. The highest BCUT2D eigenvalue weighted by atomic mass is 15.2. The van der Waals surface area contributed by atoms with Gasteiger partial charge in [-0.3, -0.25) is 4.98 Å². The summed E-state index contributed by atoms with van der Waals surface area (Å²) in [5, 5.41) is 3.45. The lowest BCUT2D eigenvalue weighted by molar-refractivity contribution is 0.854. The zero-order valence-electron chi connectivity index (χ0n) is 15.8. The van der Waals surface area contributed by atoms with E-state index < -0.39 is 0 Å². The summed E-state index contributed by atoms with van der Waals surface area (Å²) >= 11 is 0. The fourth-order valence-corrected chi connectivity index (χ4v) is 3.09. The fraction of sp³-hybridized carbons (Fsp3) is 0.286. The second kappa shape index (κ2) is 7.95. The Bertz CT molecular complexity index is 854. The van der Waals surface area contributed by atoms with Crippen molar-refractivity contribution in [3.8, 4) is 0 Å². The highest BCUT2D eigenvalue weighted by molar-refractivity contribution is 5.66. The first-order valence-electron chi connectivity index (χ1n) is 8.80. The van der Waals surface area contributed by atoms with Gasteiger partial charge in [0, 0.05) is 37.7 Å². The maximum absolute atomic E-state index is 4.41. The molecule has 0 aliphatic heterocycles. The second-order valence-electron chi connectivity index (χ2n) is 6.69. The summed E-state index contributed by atoms with van der Waals surface area (Å²) in [7, 11) is 2.05. The Morgan fingerprint density at radius 3 is 2.35 bits per heavy atom. The molecule has 5 nitrogen and oxygen atoms in total. The summed E-state index contributed by atoms with van der Waals surface area (Å²) in [5.74, 6) is 1.71. The smallest absolute Gasteiger partial charge is 0.135 e. The Morgan fingerprint density at radius 1 is 0.962 bits per heavy atom. The van der Waals surface area contributed by atoms with Crippen LogP contribution in [0.15, 0.2) is 49.1 Å². The molecular weight excluding hydrogens is 322 g/mol. The van der Waals surface area contributed by atoms with Crippen molar-refractivity contribution in [2.75, 3.05) is 23.8 Å². The van der Waals surface area contributed by atoms with Crippen LogP contribution in [0.4, 0.5) is 17.3 Å². The van der Waals surface area contributed by atoms with Crippen LogP contribution in [0.3, 0.4) is 0 Å². The van der Waals surface area contributed by atoms with Gasteiger partial charge in [0.15, 0.2) is 0 Å². The Labute approximate surface area is 155 Å². The van der Waals surface area contributed by atoms with Gasteiger partial charge in [0.05, 0.1) is 0 Å². The van der Waals surface area contributed by atoms with E-state index >= 15 is 0 Å². The number of pyridine rings is 1. The average molecular weight is 347 g/mol. The third-order valence-corrected chi connectivity index (χ3v) is 4.46. The molecule has 1 aromatic carbocycles. The number of hydrogen-bond donors (Lipinski definition) is 1. The quantitative estimate of drug-likeness (QED) is 0.723. The first-order valence-corrected chi connectivity index (χ1v) is 8.80. The van der Waals surface area contributed by atoms with E-state index in [1.165, 1.54) is 22.3 Å². The van der Waals surface area contributed by atoms with E-state index in [2.05, 4.69) is 65.1 Å². The van der Waals surface area contributed by atoms with Gasteiger partial charge in [-0.1, -0.05) is 17.7 Å². The fourth-order valence-electron chi connectivity index (χ4n) is 3.09. The molecule has 0 radical (unpaired) electrons. The molecule has 0 spiro atoms. The lowest BCUT2D eigenvalue weighted by Gasteiger charge is -2.19. The van der Waals surface area contributed by atoms with Gasteiger partial charge < -0.3 is 10.2 Å². The Hall–Kier alpha value is -2.95. The zero-order chi connectivity index (χ0) is 18.5. The number of rotatable bonds is 6. The van der Waals surface area contributed by atoms with Crippen LogP contribution in [0.1, 0.15) is 22.3 Å². The van der Waals surface area contributed by atoms with E-state index in [1.807, 2.05) is 30.6 Å². The molecule has 1 N–H and O–H groups in total. The second-order valence-corrected chi connectivity index (χ2v) is 6.69. The Balaban J connectivity index is 1.72. The van der Waals surface area contributed by atoms with Gasteiger partial charge in [0.2, 0.25) is 0 Å². The summed E-state index contributed by atoms with van der Waals surface area (Å²) in [6, 6.07) is 10.4. The summed E-state index contributed by atoms with van der Waals surface area (Å²) in [6.45, 7) is 7.23. The topological polar surface area (TPSA) is 53.9 Å². The zero-order valence-corrected chi connectivity index (χ0v) is 15.8. The lowest BCUT2D eigenvalue weighted by Crippen LogP contribution is -2.21. The normalized spacial score (nSPS) is 10.6. The number of aromatic nitrogens is 3. The maximum Gasteiger partial charge on any atom is 0.135 e. The molecule has 0 fully saturated rings. The van der Waals surface area contributed by atoms with Gasteiger partial charge in [-0.25, -0.2) is 9.97 Å². The standard InChI is InChI=1S/C21H25N5/c1-15-11-16(2)21(17(3)12-15)25-19-13-20(24-14-23-19)26(4)10-7-18-5-8-22-9-6-18/h5-6,8-9,11-14H,7,10H2,1-4H3,(H,23,24,25). The monoisotopic (exact) mass is 347 g/mol. The molecule has 2 heterocycles. The molecule has 0 unspecified atom stereocenters. The molecule has 134 valence electrons. The van der Waals surface area contributed by atoms with E-state index in [4.69, 9.17) is 0 Å². The SMILES string of the molecule is Cc1cc(C)c(Nc2cc(N(C)CCc3ccncc3)ncn2)c(C)c1. The van der Waals surface area contributed by atoms with E-state index in [0.717, 1.165) is 30.3 Å². The van der Waals surface area contributed by atoms with Crippen LogP contribution in [-0.2, 0) is 6.42 Å². The van der Waals surface area contributed by atoms with Crippen LogP contribution >= 0.6 is 0 Å². The van der Waals surface area contributed by atoms with Crippen molar-refractivity contribution in [3.05, 3.63) is 71.3 Å². The molecule has 0 atom stereocenters. The molecule has 3 rings (SSSR count). The predicted octanol–water partition coefficient (Wildman–Crippen LogP) is 4.22. The summed E-state index contributed by atoms with van der Waals surface area (Å²) in [4.78, 5) is 15.0. The first kappa shape index (κ1) is 17.9. The molecule has 5 heteroatoms. The minimum atomic E-state index is 0.806. The number of aryl methyl sites for hydroxylation is 3.